The van der Waals surface area contributed by atoms with E-state index in [1.54, 1.807) is 0 Å². The van der Waals surface area contributed by atoms with Gasteiger partial charge >= 0.3 is 5.97 Å². The van der Waals surface area contributed by atoms with Gasteiger partial charge in [0.15, 0.2) is 6.61 Å². The molecular weight excluding hydrogens is 338 g/mol. The molecule has 0 atom stereocenters. The SMILES string of the molecule is Cc1ccc(CC(=O)OCc2nnc(-c3ccc([N+](=O)[O-])cc3)o2)cc1. The molecule has 0 saturated heterocycles. The number of aryl methyl sites for hydroxylation is 1. The van der Waals surface area contributed by atoms with Crippen LogP contribution in [0.15, 0.2) is 52.9 Å². The Morgan fingerprint density at radius 1 is 1.12 bits per heavy atom. The first-order valence-electron chi connectivity index (χ1n) is 7.79. The van der Waals surface area contributed by atoms with Crippen molar-refractivity contribution in [2.75, 3.05) is 0 Å². The minimum atomic E-state index is -0.490. The van der Waals surface area contributed by atoms with E-state index in [1.807, 2.05) is 31.2 Å². The summed E-state index contributed by atoms with van der Waals surface area (Å²) in [7, 11) is 0. The minimum Gasteiger partial charge on any atom is -0.455 e. The van der Waals surface area contributed by atoms with Crippen LogP contribution in [0, 0.1) is 17.0 Å². The first-order chi connectivity index (χ1) is 12.5. The molecule has 2 aromatic carbocycles. The number of rotatable bonds is 6. The van der Waals surface area contributed by atoms with Gasteiger partial charge in [-0.1, -0.05) is 29.8 Å². The van der Waals surface area contributed by atoms with Crippen LogP contribution in [0.2, 0.25) is 0 Å². The smallest absolute Gasteiger partial charge is 0.310 e. The summed E-state index contributed by atoms with van der Waals surface area (Å²) in [6.07, 6.45) is 0.156. The van der Waals surface area contributed by atoms with Gasteiger partial charge in [-0.2, -0.15) is 0 Å². The van der Waals surface area contributed by atoms with Gasteiger partial charge in [0.2, 0.25) is 5.89 Å². The number of nitro groups is 1. The molecule has 0 N–H and O–H groups in total. The van der Waals surface area contributed by atoms with Gasteiger partial charge in [-0.15, -0.1) is 10.2 Å². The average molecular weight is 353 g/mol. The summed E-state index contributed by atoms with van der Waals surface area (Å²) >= 11 is 0. The molecule has 8 heteroatoms. The number of nitrogens with zero attached hydrogens (tertiary/aromatic N) is 3. The molecule has 1 heterocycles. The van der Waals surface area contributed by atoms with Crippen molar-refractivity contribution in [1.29, 1.82) is 0 Å². The van der Waals surface area contributed by atoms with Crippen LogP contribution in [0.1, 0.15) is 17.0 Å². The predicted molar refractivity (Wildman–Crippen MR) is 91.1 cm³/mol. The van der Waals surface area contributed by atoms with Crippen LogP contribution in [0.25, 0.3) is 11.5 Å². The number of nitro benzene ring substituents is 1. The molecule has 0 spiro atoms. The number of ether oxygens (including phenoxy) is 1. The van der Waals surface area contributed by atoms with E-state index in [9.17, 15) is 14.9 Å². The van der Waals surface area contributed by atoms with E-state index >= 15 is 0 Å². The van der Waals surface area contributed by atoms with Crippen molar-refractivity contribution in [3.8, 4) is 11.5 Å². The maximum atomic E-state index is 11.9. The molecule has 0 radical (unpaired) electrons. The third-order valence-corrected chi connectivity index (χ3v) is 3.62. The van der Waals surface area contributed by atoms with E-state index in [0.717, 1.165) is 11.1 Å². The van der Waals surface area contributed by atoms with Gasteiger partial charge in [-0.05, 0) is 24.6 Å². The lowest BCUT2D eigenvalue weighted by Crippen LogP contribution is -2.08. The van der Waals surface area contributed by atoms with Crippen molar-refractivity contribution in [3.63, 3.8) is 0 Å². The highest BCUT2D eigenvalue weighted by atomic mass is 16.6. The van der Waals surface area contributed by atoms with Crippen LogP contribution in [0.4, 0.5) is 5.69 Å². The van der Waals surface area contributed by atoms with E-state index in [0.29, 0.717) is 5.56 Å². The van der Waals surface area contributed by atoms with E-state index < -0.39 is 10.9 Å². The van der Waals surface area contributed by atoms with Crippen molar-refractivity contribution in [3.05, 3.63) is 75.7 Å². The van der Waals surface area contributed by atoms with Crippen molar-refractivity contribution in [1.82, 2.24) is 10.2 Å². The lowest BCUT2D eigenvalue weighted by atomic mass is 10.1. The number of hydrogen-bond acceptors (Lipinski definition) is 7. The summed E-state index contributed by atoms with van der Waals surface area (Å²) in [6.45, 7) is 1.84. The molecule has 8 nitrogen and oxygen atoms in total. The Bertz CT molecular complexity index is 917. The van der Waals surface area contributed by atoms with Gasteiger partial charge in [0.1, 0.15) is 0 Å². The Morgan fingerprint density at radius 2 is 1.81 bits per heavy atom. The van der Waals surface area contributed by atoms with Gasteiger partial charge in [0.05, 0.1) is 11.3 Å². The van der Waals surface area contributed by atoms with E-state index in [4.69, 9.17) is 9.15 Å². The van der Waals surface area contributed by atoms with Gasteiger partial charge < -0.3 is 9.15 Å². The molecule has 26 heavy (non-hydrogen) atoms. The highest BCUT2D eigenvalue weighted by Gasteiger charge is 2.13. The first kappa shape index (κ1) is 17.3. The number of benzene rings is 2. The maximum absolute atomic E-state index is 11.9. The standard InChI is InChI=1S/C18H15N3O5/c1-12-2-4-13(5-3-12)10-17(22)25-11-16-19-20-18(26-16)14-6-8-15(9-7-14)21(23)24/h2-9H,10-11H2,1H3. The highest BCUT2D eigenvalue weighted by molar-refractivity contribution is 5.72. The average Bonchev–Trinajstić information content (AvgIpc) is 3.11. The molecule has 0 unspecified atom stereocenters. The van der Waals surface area contributed by atoms with E-state index in [1.165, 1.54) is 24.3 Å². The maximum Gasteiger partial charge on any atom is 0.310 e. The van der Waals surface area contributed by atoms with Crippen LogP contribution in [-0.4, -0.2) is 21.1 Å². The number of non-ortho nitro benzene ring substituents is 1. The van der Waals surface area contributed by atoms with Gasteiger partial charge in [0.25, 0.3) is 11.6 Å². The molecule has 0 fully saturated rings. The fourth-order valence-corrected chi connectivity index (χ4v) is 2.22. The number of aromatic nitrogens is 2. The molecule has 0 aliphatic carbocycles. The van der Waals surface area contributed by atoms with Crippen LogP contribution in [0.3, 0.4) is 0 Å². The third-order valence-electron chi connectivity index (χ3n) is 3.62. The lowest BCUT2D eigenvalue weighted by molar-refractivity contribution is -0.384. The van der Waals surface area contributed by atoms with Crippen molar-refractivity contribution in [2.24, 2.45) is 0 Å². The van der Waals surface area contributed by atoms with Crippen LogP contribution < -0.4 is 0 Å². The first-order valence-corrected chi connectivity index (χ1v) is 7.79. The molecule has 3 rings (SSSR count). The normalized spacial score (nSPS) is 10.5. The molecule has 1 aromatic heterocycles. The molecule has 0 bridgehead atoms. The zero-order valence-corrected chi connectivity index (χ0v) is 13.9. The molecule has 132 valence electrons. The number of hydrogen-bond donors (Lipinski definition) is 0. The van der Waals surface area contributed by atoms with Crippen LogP contribution in [0.5, 0.6) is 0 Å². The Balaban J connectivity index is 1.57. The van der Waals surface area contributed by atoms with E-state index in [-0.39, 0.29) is 30.5 Å². The highest BCUT2D eigenvalue weighted by Crippen LogP contribution is 2.21. The summed E-state index contributed by atoms with van der Waals surface area (Å²) < 4.78 is 10.6. The zero-order valence-electron chi connectivity index (χ0n) is 13.9. The largest absolute Gasteiger partial charge is 0.455 e. The second-order valence-corrected chi connectivity index (χ2v) is 5.63. The van der Waals surface area contributed by atoms with Crippen molar-refractivity contribution in [2.45, 2.75) is 20.0 Å². The molecule has 0 amide bonds. The quantitative estimate of drug-likeness (QED) is 0.380. The summed E-state index contributed by atoms with van der Waals surface area (Å²) in [4.78, 5) is 22.0. The topological polar surface area (TPSA) is 108 Å². The number of carbonyl (C=O) groups is 1. The molecule has 0 saturated carbocycles. The summed E-state index contributed by atoms with van der Waals surface area (Å²) in [5.74, 6) is -0.0518. The molecule has 0 aliphatic heterocycles. The minimum absolute atomic E-state index is 0.0291. The van der Waals surface area contributed by atoms with Gasteiger partial charge in [-0.3, -0.25) is 14.9 Å². The fraction of sp³-hybridized carbons (Fsp3) is 0.167. The lowest BCUT2D eigenvalue weighted by Gasteiger charge is -2.02. The molecular formula is C18H15N3O5. The van der Waals surface area contributed by atoms with E-state index in [2.05, 4.69) is 10.2 Å². The third kappa shape index (κ3) is 4.29. The second-order valence-electron chi connectivity index (χ2n) is 5.63. The predicted octanol–water partition coefficient (Wildman–Crippen LogP) is 3.24. The van der Waals surface area contributed by atoms with Crippen molar-refractivity contribution >= 4 is 11.7 Å². The van der Waals surface area contributed by atoms with Crippen LogP contribution in [-0.2, 0) is 22.6 Å². The molecule has 0 aliphatic rings. The monoisotopic (exact) mass is 353 g/mol. The Morgan fingerprint density at radius 3 is 2.46 bits per heavy atom. The fourth-order valence-electron chi connectivity index (χ4n) is 2.22. The Kier molecular flexibility index (Phi) is 5.02. The molecule has 3 aromatic rings. The second kappa shape index (κ2) is 7.56. The van der Waals surface area contributed by atoms with Gasteiger partial charge in [-0.25, -0.2) is 0 Å². The summed E-state index contributed by atoms with van der Waals surface area (Å²) in [5, 5.41) is 18.3. The summed E-state index contributed by atoms with van der Waals surface area (Å²) in [5.41, 5.74) is 2.49. The Labute approximate surface area is 148 Å². The van der Waals surface area contributed by atoms with Crippen LogP contribution >= 0.6 is 0 Å². The zero-order chi connectivity index (χ0) is 18.5. The van der Waals surface area contributed by atoms with Gasteiger partial charge in [0, 0.05) is 17.7 Å². The summed E-state index contributed by atoms with van der Waals surface area (Å²) in [6, 6.07) is 13.3. The Hall–Kier alpha value is -3.55. The van der Waals surface area contributed by atoms with Crippen molar-refractivity contribution < 1.29 is 18.9 Å². The number of esters is 1. The number of carbonyl (C=O) groups excluding carboxylic acids is 1.